The molecule has 0 atom stereocenters. The van der Waals surface area contributed by atoms with Crippen LogP contribution in [0.1, 0.15) is 31.2 Å². The molecule has 0 heterocycles. The maximum absolute atomic E-state index is 12.5. The first kappa shape index (κ1) is 19.9. The lowest BCUT2D eigenvalue weighted by atomic mass is 9.85. The molecule has 0 unspecified atom stereocenters. The Morgan fingerprint density at radius 3 is 2.43 bits per heavy atom. The average molecular weight is 362 g/mol. The minimum Gasteiger partial charge on any atom is -0.329 e. The van der Waals surface area contributed by atoms with Crippen molar-refractivity contribution >= 4 is 34.0 Å². The third-order valence-corrected chi connectivity index (χ3v) is 5.99. The zero-order chi connectivity index (χ0) is 16.4. The van der Waals surface area contributed by atoms with Gasteiger partial charge in [0.05, 0.1) is 10.3 Å². The summed E-state index contributed by atoms with van der Waals surface area (Å²) < 4.78 is 26.3. The highest BCUT2D eigenvalue weighted by Crippen LogP contribution is 2.38. The minimum absolute atomic E-state index is 0. The molecule has 0 radical (unpaired) electrons. The van der Waals surface area contributed by atoms with Crippen molar-refractivity contribution in [2.45, 2.75) is 37.5 Å². The molecule has 1 saturated carbocycles. The van der Waals surface area contributed by atoms with Crippen LogP contribution in [0.2, 0.25) is 0 Å². The van der Waals surface area contributed by atoms with Crippen molar-refractivity contribution in [3.8, 4) is 0 Å². The number of hydrogen-bond acceptors (Lipinski definition) is 4. The van der Waals surface area contributed by atoms with Gasteiger partial charge in [0.15, 0.2) is 0 Å². The molecule has 0 saturated heterocycles. The predicted molar refractivity (Wildman–Crippen MR) is 93.3 cm³/mol. The van der Waals surface area contributed by atoms with Crippen LogP contribution in [0, 0.1) is 12.3 Å². The highest BCUT2D eigenvalue weighted by atomic mass is 35.5. The Morgan fingerprint density at radius 2 is 1.91 bits per heavy atom. The Morgan fingerprint density at radius 1 is 1.30 bits per heavy atom. The van der Waals surface area contributed by atoms with Crippen LogP contribution in [-0.2, 0) is 14.8 Å². The Balaban J connectivity index is 0.00000264. The molecule has 4 N–H and O–H groups in total. The number of halogens is 1. The molecule has 1 aromatic carbocycles. The van der Waals surface area contributed by atoms with Crippen molar-refractivity contribution in [2.24, 2.45) is 11.1 Å². The minimum atomic E-state index is -3.55. The number of sulfonamides is 1. The Labute approximate surface area is 143 Å². The third-order valence-electron chi connectivity index (χ3n) is 4.44. The maximum atomic E-state index is 12.5. The summed E-state index contributed by atoms with van der Waals surface area (Å²) >= 11 is 0. The second kappa shape index (κ2) is 7.61. The van der Waals surface area contributed by atoms with Gasteiger partial charge in [-0.1, -0.05) is 18.9 Å². The third kappa shape index (κ3) is 4.03. The molecule has 1 aliphatic carbocycles. The molecule has 2 rings (SSSR count). The van der Waals surface area contributed by atoms with Gasteiger partial charge in [0, 0.05) is 12.2 Å². The second-order valence-electron chi connectivity index (χ2n) is 5.83. The summed E-state index contributed by atoms with van der Waals surface area (Å²) in [7, 11) is -2.19. The lowest BCUT2D eigenvalue weighted by Crippen LogP contribution is -2.40. The van der Waals surface area contributed by atoms with E-state index in [2.05, 4.69) is 10.0 Å². The topological polar surface area (TPSA) is 101 Å². The highest BCUT2D eigenvalue weighted by molar-refractivity contribution is 7.89. The molecular formula is C15H24ClN3O3S. The van der Waals surface area contributed by atoms with E-state index in [4.69, 9.17) is 5.73 Å². The first-order valence-corrected chi connectivity index (χ1v) is 8.89. The van der Waals surface area contributed by atoms with Crippen molar-refractivity contribution in [1.82, 2.24) is 4.72 Å². The average Bonchev–Trinajstić information content (AvgIpc) is 2.99. The fraction of sp³-hybridized carbons (Fsp3) is 0.533. The van der Waals surface area contributed by atoms with E-state index in [0.717, 1.165) is 25.7 Å². The van der Waals surface area contributed by atoms with Gasteiger partial charge in [0.1, 0.15) is 0 Å². The van der Waals surface area contributed by atoms with Crippen molar-refractivity contribution in [3.05, 3.63) is 23.8 Å². The van der Waals surface area contributed by atoms with Crippen molar-refractivity contribution in [3.63, 3.8) is 0 Å². The molecule has 6 nitrogen and oxygen atoms in total. The van der Waals surface area contributed by atoms with E-state index in [1.165, 1.54) is 13.1 Å². The van der Waals surface area contributed by atoms with E-state index < -0.39 is 15.4 Å². The van der Waals surface area contributed by atoms with Crippen LogP contribution in [0.4, 0.5) is 5.69 Å². The fourth-order valence-electron chi connectivity index (χ4n) is 2.92. The molecule has 23 heavy (non-hydrogen) atoms. The molecule has 1 amide bonds. The Kier molecular flexibility index (Phi) is 6.59. The highest BCUT2D eigenvalue weighted by Gasteiger charge is 2.39. The molecular weight excluding hydrogens is 338 g/mol. The maximum Gasteiger partial charge on any atom is 0.240 e. The van der Waals surface area contributed by atoms with Gasteiger partial charge in [0.25, 0.3) is 0 Å². The summed E-state index contributed by atoms with van der Waals surface area (Å²) in [4.78, 5) is 12.7. The summed E-state index contributed by atoms with van der Waals surface area (Å²) in [5, 5.41) is 2.83. The summed E-state index contributed by atoms with van der Waals surface area (Å²) in [5.41, 5.74) is 6.38. The van der Waals surface area contributed by atoms with Crippen LogP contribution in [-0.4, -0.2) is 27.9 Å². The number of carbonyl (C=O) groups is 1. The van der Waals surface area contributed by atoms with Crippen LogP contribution in [0.5, 0.6) is 0 Å². The number of carbonyl (C=O) groups excluding carboxylic acids is 1. The normalized spacial score (nSPS) is 16.7. The first-order valence-electron chi connectivity index (χ1n) is 7.40. The number of amides is 1. The number of hydrogen-bond donors (Lipinski definition) is 3. The molecule has 1 aromatic rings. The lowest BCUT2D eigenvalue weighted by Gasteiger charge is -2.25. The Hall–Kier alpha value is -1.15. The molecule has 0 bridgehead atoms. The van der Waals surface area contributed by atoms with E-state index in [9.17, 15) is 13.2 Å². The fourth-order valence-corrected chi connectivity index (χ4v) is 3.91. The van der Waals surface area contributed by atoms with Gasteiger partial charge >= 0.3 is 0 Å². The molecule has 130 valence electrons. The standard InChI is InChI=1S/C15H23N3O3S.ClH/c1-11-5-6-12(9-13(11)22(20,21)17-2)18-14(19)15(10-16)7-3-4-8-15;/h5-6,9,17H,3-4,7-8,10,16H2,1-2H3,(H,18,19);1H. The van der Waals surface area contributed by atoms with Crippen molar-refractivity contribution in [1.29, 1.82) is 0 Å². The lowest BCUT2D eigenvalue weighted by molar-refractivity contribution is -0.124. The van der Waals surface area contributed by atoms with E-state index >= 15 is 0 Å². The number of benzene rings is 1. The molecule has 0 spiro atoms. The monoisotopic (exact) mass is 361 g/mol. The summed E-state index contributed by atoms with van der Waals surface area (Å²) in [6.45, 7) is 2.03. The van der Waals surface area contributed by atoms with E-state index in [1.807, 2.05) is 0 Å². The Bertz CT molecular complexity index is 671. The second-order valence-corrected chi connectivity index (χ2v) is 7.69. The molecule has 0 aromatic heterocycles. The predicted octanol–water partition coefficient (Wildman–Crippen LogP) is 1.78. The van der Waals surface area contributed by atoms with E-state index in [1.54, 1.807) is 19.1 Å². The van der Waals surface area contributed by atoms with Crippen molar-refractivity contribution in [2.75, 3.05) is 18.9 Å². The zero-order valence-electron chi connectivity index (χ0n) is 13.4. The summed E-state index contributed by atoms with van der Waals surface area (Å²) in [6, 6.07) is 4.88. The molecule has 0 aliphatic heterocycles. The first-order chi connectivity index (χ1) is 10.3. The van der Waals surface area contributed by atoms with Gasteiger partial charge in [-0.3, -0.25) is 4.79 Å². The smallest absolute Gasteiger partial charge is 0.240 e. The summed E-state index contributed by atoms with van der Waals surface area (Å²) in [5.74, 6) is -0.121. The van der Waals surface area contributed by atoms with Crippen LogP contribution in [0.25, 0.3) is 0 Å². The molecule has 1 aliphatic rings. The summed E-state index contributed by atoms with van der Waals surface area (Å²) in [6.07, 6.45) is 3.56. The number of nitrogens with two attached hydrogens (primary N) is 1. The van der Waals surface area contributed by atoms with Crippen LogP contribution >= 0.6 is 12.4 Å². The van der Waals surface area contributed by atoms with Crippen LogP contribution < -0.4 is 15.8 Å². The van der Waals surface area contributed by atoms with E-state index in [-0.39, 0.29) is 23.2 Å². The van der Waals surface area contributed by atoms with Crippen LogP contribution in [0.3, 0.4) is 0 Å². The number of nitrogens with one attached hydrogen (secondary N) is 2. The molecule has 8 heteroatoms. The molecule has 1 fully saturated rings. The van der Waals surface area contributed by atoms with Gasteiger partial charge in [0.2, 0.25) is 15.9 Å². The van der Waals surface area contributed by atoms with Crippen LogP contribution in [0.15, 0.2) is 23.1 Å². The SMILES string of the molecule is CNS(=O)(=O)c1cc(NC(=O)C2(CN)CCCC2)ccc1C.Cl. The quantitative estimate of drug-likeness (QED) is 0.744. The van der Waals surface area contributed by atoms with Gasteiger partial charge < -0.3 is 11.1 Å². The van der Waals surface area contributed by atoms with Gasteiger partial charge in [-0.2, -0.15) is 0 Å². The largest absolute Gasteiger partial charge is 0.329 e. The van der Waals surface area contributed by atoms with E-state index in [0.29, 0.717) is 17.8 Å². The van der Waals surface area contributed by atoms with Crippen molar-refractivity contribution < 1.29 is 13.2 Å². The zero-order valence-corrected chi connectivity index (χ0v) is 15.0. The van der Waals surface area contributed by atoms with Gasteiger partial charge in [-0.15, -0.1) is 12.4 Å². The number of aryl methyl sites for hydroxylation is 1. The van der Waals surface area contributed by atoms with Gasteiger partial charge in [-0.05, 0) is 44.5 Å². The van der Waals surface area contributed by atoms with Gasteiger partial charge in [-0.25, -0.2) is 13.1 Å². The number of rotatable bonds is 5. The number of anilines is 1.